The van der Waals surface area contributed by atoms with E-state index in [0.717, 1.165) is 22.0 Å². The molecule has 0 saturated carbocycles. The van der Waals surface area contributed by atoms with Crippen LogP contribution in [0.4, 0.5) is 0 Å². The van der Waals surface area contributed by atoms with Crippen LogP contribution >= 0.6 is 11.6 Å². The predicted molar refractivity (Wildman–Crippen MR) is 66.9 cm³/mol. The van der Waals surface area contributed by atoms with Gasteiger partial charge in [0.05, 0.1) is 5.69 Å². The Labute approximate surface area is 93.7 Å². The minimum absolute atomic E-state index is 0.506. The highest BCUT2D eigenvalue weighted by atomic mass is 35.5. The average Bonchev–Trinajstić information content (AvgIpc) is 2.29. The zero-order valence-corrected chi connectivity index (χ0v) is 8.96. The highest BCUT2D eigenvalue weighted by molar-refractivity contribution is 6.34. The van der Waals surface area contributed by atoms with E-state index in [2.05, 4.69) is 18.1 Å². The van der Waals surface area contributed by atoms with Gasteiger partial charge in [-0.15, -0.1) is 0 Å². The maximum atomic E-state index is 6.08. The normalized spacial score (nSPS) is 10.2. The largest absolute Gasteiger partial charge is 0.235 e. The molecule has 2 rings (SSSR count). The van der Waals surface area contributed by atoms with E-state index in [-0.39, 0.29) is 0 Å². The van der Waals surface area contributed by atoms with E-state index in [1.807, 2.05) is 24.3 Å². The van der Waals surface area contributed by atoms with E-state index in [1.54, 1.807) is 12.2 Å². The van der Waals surface area contributed by atoms with Gasteiger partial charge < -0.3 is 0 Å². The van der Waals surface area contributed by atoms with Crippen molar-refractivity contribution < 1.29 is 0 Å². The van der Waals surface area contributed by atoms with Crippen LogP contribution in [-0.4, -0.2) is 4.98 Å². The highest BCUT2D eigenvalue weighted by Crippen LogP contribution is 2.28. The summed E-state index contributed by atoms with van der Waals surface area (Å²) in [6, 6.07) is 7.87. The molecule has 0 saturated heterocycles. The third kappa shape index (κ3) is 1.55. The third-order valence-electron chi connectivity index (χ3n) is 2.33. The maximum absolute atomic E-state index is 6.08. The number of pyridine rings is 1. The van der Waals surface area contributed by atoms with Gasteiger partial charge in [-0.1, -0.05) is 55.1 Å². The Morgan fingerprint density at radius 3 is 2.33 bits per heavy atom. The zero-order valence-electron chi connectivity index (χ0n) is 8.20. The molecule has 0 fully saturated rings. The number of hydrogen-bond donors (Lipinski definition) is 0. The van der Waals surface area contributed by atoms with Gasteiger partial charge in [0.15, 0.2) is 0 Å². The smallest absolute Gasteiger partial charge is 0.137 e. The second-order valence-corrected chi connectivity index (χ2v) is 3.51. The number of hydrogen-bond acceptors (Lipinski definition) is 1. The Kier molecular flexibility index (Phi) is 2.57. The molecule has 2 heteroatoms. The molecule has 1 aromatic carbocycles. The van der Waals surface area contributed by atoms with E-state index < -0.39 is 0 Å². The van der Waals surface area contributed by atoms with Crippen LogP contribution in [0.1, 0.15) is 11.3 Å². The van der Waals surface area contributed by atoms with Crippen molar-refractivity contribution in [2.24, 2.45) is 0 Å². The van der Waals surface area contributed by atoms with Crippen LogP contribution in [0.2, 0.25) is 5.15 Å². The summed E-state index contributed by atoms with van der Waals surface area (Å²) in [5.41, 5.74) is 1.75. The molecule has 0 aliphatic rings. The number of fused-ring (bicyclic) bond motifs is 1. The quantitative estimate of drug-likeness (QED) is 0.685. The topological polar surface area (TPSA) is 12.9 Å². The van der Waals surface area contributed by atoms with Gasteiger partial charge in [0.25, 0.3) is 0 Å². The van der Waals surface area contributed by atoms with Crippen LogP contribution in [0.5, 0.6) is 0 Å². The lowest BCUT2D eigenvalue weighted by molar-refractivity contribution is 1.32. The molecule has 0 radical (unpaired) electrons. The molecule has 1 aromatic heterocycles. The molecule has 0 aliphatic heterocycles. The van der Waals surface area contributed by atoms with Crippen LogP contribution in [-0.2, 0) is 0 Å². The van der Waals surface area contributed by atoms with E-state index in [1.165, 1.54) is 0 Å². The molecule has 0 amide bonds. The van der Waals surface area contributed by atoms with Crippen LogP contribution in [0.3, 0.4) is 0 Å². The summed E-state index contributed by atoms with van der Waals surface area (Å²) in [5, 5.41) is 2.51. The first kappa shape index (κ1) is 9.94. The second kappa shape index (κ2) is 3.87. The third-order valence-corrected chi connectivity index (χ3v) is 2.62. The van der Waals surface area contributed by atoms with Gasteiger partial charge >= 0.3 is 0 Å². The minimum Gasteiger partial charge on any atom is -0.235 e. The Bertz CT molecular complexity index is 543. The highest BCUT2D eigenvalue weighted by Gasteiger charge is 2.07. The summed E-state index contributed by atoms with van der Waals surface area (Å²) >= 11 is 6.08. The number of nitrogens with zero attached hydrogens (tertiary/aromatic N) is 1. The number of benzene rings is 1. The predicted octanol–water partition coefficient (Wildman–Crippen LogP) is 4.17. The monoisotopic (exact) mass is 215 g/mol. The number of halogens is 1. The molecular formula is C13H10ClN. The number of aromatic nitrogens is 1. The Morgan fingerprint density at radius 1 is 1.07 bits per heavy atom. The summed E-state index contributed by atoms with van der Waals surface area (Å²) in [4.78, 5) is 4.27. The second-order valence-electron chi connectivity index (χ2n) is 3.16. The van der Waals surface area contributed by atoms with Gasteiger partial charge in [0, 0.05) is 10.9 Å². The molecule has 0 spiro atoms. The Morgan fingerprint density at radius 2 is 1.73 bits per heavy atom. The molecule has 74 valence electrons. The summed E-state index contributed by atoms with van der Waals surface area (Å²) in [7, 11) is 0. The summed E-state index contributed by atoms with van der Waals surface area (Å²) < 4.78 is 0. The molecule has 0 unspecified atom stereocenters. The SMILES string of the molecule is C=Cc1nc(Cl)c2ccccc2c1C=C. The lowest BCUT2D eigenvalue weighted by Gasteiger charge is -2.07. The van der Waals surface area contributed by atoms with Crippen LogP contribution < -0.4 is 0 Å². The lowest BCUT2D eigenvalue weighted by atomic mass is 10.0. The van der Waals surface area contributed by atoms with Crippen molar-refractivity contribution in [2.75, 3.05) is 0 Å². The van der Waals surface area contributed by atoms with Gasteiger partial charge in [-0.05, 0) is 11.5 Å². The van der Waals surface area contributed by atoms with Crippen molar-refractivity contribution in [3.63, 3.8) is 0 Å². The maximum Gasteiger partial charge on any atom is 0.137 e. The van der Waals surface area contributed by atoms with Crippen molar-refractivity contribution in [1.29, 1.82) is 0 Å². The summed E-state index contributed by atoms with van der Waals surface area (Å²) in [5.74, 6) is 0. The zero-order chi connectivity index (χ0) is 10.8. The molecule has 0 atom stereocenters. The first-order valence-electron chi connectivity index (χ1n) is 4.61. The molecule has 1 nitrogen and oxygen atoms in total. The number of rotatable bonds is 2. The van der Waals surface area contributed by atoms with E-state index in [9.17, 15) is 0 Å². The fourth-order valence-corrected chi connectivity index (χ4v) is 1.89. The molecule has 0 bridgehead atoms. The molecule has 1 heterocycles. The van der Waals surface area contributed by atoms with Crippen LogP contribution in [0.25, 0.3) is 22.9 Å². The van der Waals surface area contributed by atoms with Crippen LogP contribution in [0.15, 0.2) is 37.4 Å². The van der Waals surface area contributed by atoms with E-state index in [4.69, 9.17) is 11.6 Å². The van der Waals surface area contributed by atoms with Crippen molar-refractivity contribution in [2.45, 2.75) is 0 Å². The van der Waals surface area contributed by atoms with Gasteiger partial charge in [0.1, 0.15) is 5.15 Å². The van der Waals surface area contributed by atoms with Crippen molar-refractivity contribution >= 4 is 34.5 Å². The fourth-order valence-electron chi connectivity index (χ4n) is 1.63. The van der Waals surface area contributed by atoms with Crippen molar-refractivity contribution in [3.05, 3.63) is 53.8 Å². The molecule has 15 heavy (non-hydrogen) atoms. The average molecular weight is 216 g/mol. The van der Waals surface area contributed by atoms with Gasteiger partial charge in [-0.25, -0.2) is 4.98 Å². The van der Waals surface area contributed by atoms with Gasteiger partial charge in [-0.2, -0.15) is 0 Å². The van der Waals surface area contributed by atoms with Crippen LogP contribution in [0, 0.1) is 0 Å². The lowest BCUT2D eigenvalue weighted by Crippen LogP contribution is -1.90. The van der Waals surface area contributed by atoms with Gasteiger partial charge in [-0.3, -0.25) is 0 Å². The van der Waals surface area contributed by atoms with E-state index in [0.29, 0.717) is 5.15 Å². The summed E-state index contributed by atoms with van der Waals surface area (Å²) in [6.45, 7) is 7.51. The fraction of sp³-hybridized carbons (Fsp3) is 0. The van der Waals surface area contributed by atoms with Crippen molar-refractivity contribution in [3.8, 4) is 0 Å². The first-order chi connectivity index (χ1) is 7.27. The standard InChI is InChI=1S/C13H10ClN/c1-3-9-10-7-5-6-8-11(10)13(14)15-12(9)4-2/h3-8H,1-2H2. The molecule has 0 N–H and O–H groups in total. The van der Waals surface area contributed by atoms with Crippen molar-refractivity contribution in [1.82, 2.24) is 4.98 Å². The Hall–Kier alpha value is -1.60. The van der Waals surface area contributed by atoms with E-state index >= 15 is 0 Å². The van der Waals surface area contributed by atoms with Gasteiger partial charge in [0.2, 0.25) is 0 Å². The minimum atomic E-state index is 0.506. The Balaban J connectivity index is 2.97. The summed E-state index contributed by atoms with van der Waals surface area (Å²) in [6.07, 6.45) is 3.47. The molecular weight excluding hydrogens is 206 g/mol. The molecule has 2 aromatic rings. The molecule has 0 aliphatic carbocycles. The first-order valence-corrected chi connectivity index (χ1v) is 4.99.